The zero-order valence-electron chi connectivity index (χ0n) is 13.3. The number of hydrogen-bond donors (Lipinski definition) is 1. The molecule has 0 aromatic carbocycles. The van der Waals surface area contributed by atoms with Crippen LogP contribution in [0.25, 0.3) is 5.69 Å². The normalized spacial score (nSPS) is 11.3. The summed E-state index contributed by atoms with van der Waals surface area (Å²) in [6.45, 7) is 7.72. The van der Waals surface area contributed by atoms with Crippen molar-refractivity contribution in [2.45, 2.75) is 46.3 Å². The third-order valence-corrected chi connectivity index (χ3v) is 2.82. The number of aromatic nitrogens is 4. The van der Waals surface area contributed by atoms with Crippen molar-refractivity contribution in [2.75, 3.05) is 0 Å². The zero-order chi connectivity index (χ0) is 16.2. The molecule has 0 unspecified atom stereocenters. The van der Waals surface area contributed by atoms with Gasteiger partial charge in [-0.3, -0.25) is 4.98 Å². The van der Waals surface area contributed by atoms with Gasteiger partial charge in [-0.05, 0) is 39.3 Å². The number of carbonyl (C=O) groups excluding carboxylic acids is 1. The highest BCUT2D eigenvalue weighted by Crippen LogP contribution is 2.09. The molecule has 0 fully saturated rings. The summed E-state index contributed by atoms with van der Waals surface area (Å²) in [7, 11) is 0. The second kappa shape index (κ2) is 6.55. The highest BCUT2D eigenvalue weighted by Gasteiger charge is 2.16. The molecule has 1 amide bonds. The number of amides is 1. The first-order valence-electron chi connectivity index (χ1n) is 7.20. The Bertz CT molecular complexity index is 628. The summed E-state index contributed by atoms with van der Waals surface area (Å²) in [4.78, 5) is 20.2. The third-order valence-electron chi connectivity index (χ3n) is 2.82. The lowest BCUT2D eigenvalue weighted by Crippen LogP contribution is -2.32. The van der Waals surface area contributed by atoms with E-state index in [1.165, 1.54) is 6.33 Å². The van der Waals surface area contributed by atoms with Crippen LogP contribution in [0.4, 0.5) is 4.79 Å². The van der Waals surface area contributed by atoms with Crippen molar-refractivity contribution in [3.05, 3.63) is 36.2 Å². The van der Waals surface area contributed by atoms with Crippen molar-refractivity contribution in [2.24, 2.45) is 0 Å². The molecule has 1 N–H and O–H groups in total. The summed E-state index contributed by atoms with van der Waals surface area (Å²) < 4.78 is 6.83. The van der Waals surface area contributed by atoms with Crippen molar-refractivity contribution in [1.29, 1.82) is 0 Å². The van der Waals surface area contributed by atoms with E-state index in [0.29, 0.717) is 5.82 Å². The van der Waals surface area contributed by atoms with Gasteiger partial charge in [-0.15, -0.1) is 0 Å². The molecule has 0 aliphatic rings. The van der Waals surface area contributed by atoms with Crippen molar-refractivity contribution >= 4 is 6.09 Å². The topological polar surface area (TPSA) is 81.9 Å². The summed E-state index contributed by atoms with van der Waals surface area (Å²) in [5, 5.41) is 6.84. The second-order valence-corrected chi connectivity index (χ2v) is 5.80. The first kappa shape index (κ1) is 15.9. The van der Waals surface area contributed by atoms with E-state index in [0.717, 1.165) is 17.8 Å². The maximum Gasteiger partial charge on any atom is 0.408 e. The second-order valence-electron chi connectivity index (χ2n) is 5.80. The molecule has 2 aromatic heterocycles. The number of carbonyl (C=O) groups is 1. The van der Waals surface area contributed by atoms with Crippen LogP contribution in [0.15, 0.2) is 24.7 Å². The first-order valence-corrected chi connectivity index (χ1v) is 7.20. The average molecular weight is 303 g/mol. The van der Waals surface area contributed by atoms with Gasteiger partial charge in [0.15, 0.2) is 5.82 Å². The first-order chi connectivity index (χ1) is 10.4. The van der Waals surface area contributed by atoms with Gasteiger partial charge in [0.2, 0.25) is 0 Å². The van der Waals surface area contributed by atoms with Crippen LogP contribution >= 0.6 is 0 Å². The van der Waals surface area contributed by atoms with Crippen molar-refractivity contribution in [3.63, 3.8) is 0 Å². The number of aryl methyl sites for hydroxylation is 1. The van der Waals surface area contributed by atoms with Crippen LogP contribution in [-0.2, 0) is 17.7 Å². The van der Waals surface area contributed by atoms with Gasteiger partial charge in [0, 0.05) is 5.69 Å². The van der Waals surface area contributed by atoms with Crippen LogP contribution < -0.4 is 5.32 Å². The summed E-state index contributed by atoms with van der Waals surface area (Å²) in [5.41, 5.74) is 1.28. The summed E-state index contributed by atoms with van der Waals surface area (Å²) in [6, 6.07) is 3.87. The van der Waals surface area contributed by atoms with Crippen LogP contribution in [-0.4, -0.2) is 31.4 Å². The Labute approximate surface area is 129 Å². The number of alkyl carbamates (subject to hydrolysis) is 1. The summed E-state index contributed by atoms with van der Waals surface area (Å²) in [5.74, 6) is 0.608. The van der Waals surface area contributed by atoms with E-state index in [9.17, 15) is 4.79 Å². The Morgan fingerprint density at radius 1 is 1.32 bits per heavy atom. The molecule has 7 heteroatoms. The van der Waals surface area contributed by atoms with Gasteiger partial charge in [0.1, 0.15) is 11.9 Å². The number of pyridine rings is 1. The molecule has 2 heterocycles. The molecule has 0 radical (unpaired) electrons. The molecule has 7 nitrogen and oxygen atoms in total. The fourth-order valence-electron chi connectivity index (χ4n) is 1.82. The van der Waals surface area contributed by atoms with Gasteiger partial charge < -0.3 is 10.1 Å². The predicted molar refractivity (Wildman–Crippen MR) is 81.6 cm³/mol. The molecule has 0 saturated carbocycles. The average Bonchev–Trinajstić information content (AvgIpc) is 2.92. The van der Waals surface area contributed by atoms with Gasteiger partial charge in [-0.1, -0.05) is 6.92 Å². The molecule has 0 atom stereocenters. The van der Waals surface area contributed by atoms with E-state index in [1.54, 1.807) is 10.9 Å². The largest absolute Gasteiger partial charge is 0.444 e. The number of nitrogens with one attached hydrogen (secondary N) is 1. The van der Waals surface area contributed by atoms with Crippen molar-refractivity contribution < 1.29 is 9.53 Å². The van der Waals surface area contributed by atoms with Crippen LogP contribution in [0.3, 0.4) is 0 Å². The smallest absolute Gasteiger partial charge is 0.408 e. The summed E-state index contributed by atoms with van der Waals surface area (Å²) in [6.07, 6.45) is 3.58. The van der Waals surface area contributed by atoms with Crippen LogP contribution in [0.1, 0.15) is 39.2 Å². The maximum atomic E-state index is 11.7. The molecule has 0 bridgehead atoms. The number of ether oxygens (including phenoxy) is 1. The minimum atomic E-state index is -0.530. The fourth-order valence-corrected chi connectivity index (χ4v) is 1.82. The standard InChI is InChI=1S/C15H21N5O2/c1-5-11-6-7-12(8-16-11)20-13(18-10-19-20)9-17-14(21)22-15(2,3)4/h6-8,10H,5,9H2,1-4H3,(H,17,21). The van der Waals surface area contributed by atoms with Gasteiger partial charge in [-0.25, -0.2) is 14.5 Å². The van der Waals surface area contributed by atoms with Gasteiger partial charge >= 0.3 is 6.09 Å². The Morgan fingerprint density at radius 2 is 2.09 bits per heavy atom. The Balaban J connectivity index is 2.04. The maximum absolute atomic E-state index is 11.7. The predicted octanol–water partition coefficient (Wildman–Crippen LogP) is 2.25. The van der Waals surface area contributed by atoms with E-state index in [4.69, 9.17) is 4.74 Å². The quantitative estimate of drug-likeness (QED) is 0.936. The molecule has 2 aromatic rings. The number of nitrogens with zero attached hydrogens (tertiary/aromatic N) is 4. The van der Waals surface area contributed by atoms with E-state index in [1.807, 2.05) is 39.8 Å². The number of rotatable bonds is 4. The lowest BCUT2D eigenvalue weighted by Gasteiger charge is -2.19. The number of hydrogen-bond acceptors (Lipinski definition) is 5. The van der Waals surface area contributed by atoms with Gasteiger partial charge in [-0.2, -0.15) is 5.10 Å². The lowest BCUT2D eigenvalue weighted by molar-refractivity contribution is 0.0522. The van der Waals surface area contributed by atoms with Gasteiger partial charge in [0.25, 0.3) is 0 Å². The van der Waals surface area contributed by atoms with E-state index >= 15 is 0 Å². The fraction of sp³-hybridized carbons (Fsp3) is 0.467. The van der Waals surface area contributed by atoms with Crippen molar-refractivity contribution in [1.82, 2.24) is 25.1 Å². The highest BCUT2D eigenvalue weighted by molar-refractivity contribution is 5.67. The molecular formula is C15H21N5O2. The van der Waals surface area contributed by atoms with Crippen LogP contribution in [0.2, 0.25) is 0 Å². The highest BCUT2D eigenvalue weighted by atomic mass is 16.6. The zero-order valence-corrected chi connectivity index (χ0v) is 13.3. The van der Waals surface area contributed by atoms with Gasteiger partial charge in [0.05, 0.1) is 18.4 Å². The third kappa shape index (κ3) is 4.28. The van der Waals surface area contributed by atoms with Crippen LogP contribution in [0, 0.1) is 0 Å². The Morgan fingerprint density at radius 3 is 2.68 bits per heavy atom. The molecule has 118 valence electrons. The minimum absolute atomic E-state index is 0.227. The van der Waals surface area contributed by atoms with E-state index < -0.39 is 11.7 Å². The Kier molecular flexibility index (Phi) is 4.75. The van der Waals surface area contributed by atoms with Crippen molar-refractivity contribution in [3.8, 4) is 5.69 Å². The monoisotopic (exact) mass is 303 g/mol. The molecule has 0 saturated heterocycles. The molecule has 22 heavy (non-hydrogen) atoms. The van der Waals surface area contributed by atoms with E-state index in [-0.39, 0.29) is 6.54 Å². The molecule has 2 rings (SSSR count). The lowest BCUT2D eigenvalue weighted by atomic mass is 10.2. The molecule has 0 aliphatic heterocycles. The molecule has 0 aliphatic carbocycles. The molecular weight excluding hydrogens is 282 g/mol. The SMILES string of the molecule is CCc1ccc(-n2ncnc2CNC(=O)OC(C)(C)C)cn1. The minimum Gasteiger partial charge on any atom is -0.444 e. The molecule has 0 spiro atoms. The Hall–Kier alpha value is -2.44. The summed E-state index contributed by atoms with van der Waals surface area (Å²) >= 11 is 0. The van der Waals surface area contributed by atoms with E-state index in [2.05, 4.69) is 20.4 Å². The van der Waals surface area contributed by atoms with Crippen LogP contribution in [0.5, 0.6) is 0 Å².